The predicted octanol–water partition coefficient (Wildman–Crippen LogP) is 0.920. The summed E-state index contributed by atoms with van der Waals surface area (Å²) >= 11 is 2.50. The number of aromatic nitrogens is 4. The molecule has 10 heteroatoms. The maximum atomic E-state index is 10.5. The molecule has 2 bridgehead atoms. The van der Waals surface area contributed by atoms with E-state index in [-0.39, 0.29) is 6.10 Å². The number of thioether (sulfide) groups is 1. The van der Waals surface area contributed by atoms with Crippen LogP contribution >= 0.6 is 11.8 Å². The van der Waals surface area contributed by atoms with Crippen LogP contribution in [0.25, 0.3) is 11.2 Å². The van der Waals surface area contributed by atoms with Crippen LogP contribution in [-0.4, -0.2) is 79.5 Å². The molecule has 9 atom stereocenters. The zero-order valence-corrected chi connectivity index (χ0v) is 17.9. The van der Waals surface area contributed by atoms with Crippen LogP contribution < -0.4 is 5.32 Å². The Balaban J connectivity index is 1.28. The number of hydrogen-bond acceptors (Lipinski definition) is 8. The average Bonchev–Trinajstić information content (AvgIpc) is 2.96. The molecule has 28 heavy (non-hydrogen) atoms. The van der Waals surface area contributed by atoms with Gasteiger partial charge in [0.15, 0.2) is 0 Å². The fourth-order valence-corrected chi connectivity index (χ4v) is 8.26. The van der Waals surface area contributed by atoms with Gasteiger partial charge in [-0.2, -0.15) is 11.8 Å². The molecule has 2 aromatic heterocycles. The number of aliphatic hydroxyl groups is 2. The molecule has 8 nitrogen and oxygen atoms in total. The Morgan fingerprint density at radius 1 is 1.25 bits per heavy atom. The third-order valence-corrected chi connectivity index (χ3v) is 9.74. The molecular weight excluding hydrogens is 445 g/mol. The first-order chi connectivity index (χ1) is 13.7. The molecule has 2 saturated heterocycles. The summed E-state index contributed by atoms with van der Waals surface area (Å²) in [4.78, 5) is 13.4. The first kappa shape index (κ1) is 17.9. The summed E-state index contributed by atoms with van der Waals surface area (Å²) in [6.07, 6.45) is 2.81. The molecule has 150 valence electrons. The number of aliphatic hydroxyl groups excluding tert-OH is 2. The summed E-state index contributed by atoms with van der Waals surface area (Å²) in [7, 11) is 0. The Kier molecular flexibility index (Phi) is 4.19. The Bertz CT molecular complexity index is 914. The Hall–Kier alpha value is -0.901. The topological polar surface area (TPSA) is 105 Å². The fraction of sp³-hybridized carbons (Fsp3) is 0.722. The maximum absolute atomic E-state index is 10.5. The minimum atomic E-state index is -0.995. The van der Waals surface area contributed by atoms with Gasteiger partial charge in [0.05, 0.1) is 0 Å². The molecule has 2 aliphatic heterocycles. The second kappa shape index (κ2) is 6.55. The van der Waals surface area contributed by atoms with Crippen LogP contribution in [0.5, 0.6) is 0 Å². The number of nitrogens with zero attached hydrogens (tertiary/aromatic N) is 4. The number of hydrogen-bond donors (Lipinski definition) is 3. The monoisotopic (exact) mass is 469 g/mol. The van der Waals surface area contributed by atoms with Gasteiger partial charge in [-0.15, -0.1) is 0 Å². The molecule has 0 aromatic carbocycles. The second-order valence-electron chi connectivity index (χ2n) is 8.26. The zero-order valence-electron chi connectivity index (χ0n) is 15.4. The first-order valence-corrected chi connectivity index (χ1v) is 13.6. The number of fused-ring (bicyclic) bond motifs is 6. The molecule has 2 aromatic rings. The Labute approximate surface area is 173 Å². The van der Waals surface area contributed by atoms with E-state index in [1.165, 1.54) is 19.2 Å². The van der Waals surface area contributed by atoms with Gasteiger partial charge < -0.3 is 0 Å². The Morgan fingerprint density at radius 2 is 2.14 bits per heavy atom. The van der Waals surface area contributed by atoms with Gasteiger partial charge in [-0.05, 0) is 0 Å². The van der Waals surface area contributed by atoms with Crippen molar-refractivity contribution in [3.05, 3.63) is 12.7 Å². The van der Waals surface area contributed by atoms with Crippen LogP contribution in [0.15, 0.2) is 12.7 Å². The van der Waals surface area contributed by atoms with Gasteiger partial charge in [0, 0.05) is 5.25 Å². The summed E-state index contributed by atoms with van der Waals surface area (Å²) in [6, 6.07) is 0.454. The standard InChI is InChI=1S/C18H23N5O3SSe/c1-28-4-10-12(24)13(25)18(26-10)23-6-21-11-16(19-5-20-17(11)23)22-9-3-7-2-8(9)15-14(7)27-15/h5-10,12-15,18,24-25H,2-4H2,1H3,(H,19,20,22)/t7?,8?,9?,10-,12-,13-,14?,15?,18-/m1/s1. The van der Waals surface area contributed by atoms with E-state index in [1.54, 1.807) is 10.9 Å². The summed E-state index contributed by atoms with van der Waals surface area (Å²) in [5.74, 6) is 4.44. The first-order valence-electron chi connectivity index (χ1n) is 9.75. The van der Waals surface area contributed by atoms with E-state index in [0.717, 1.165) is 33.5 Å². The van der Waals surface area contributed by atoms with Crippen molar-refractivity contribution in [1.29, 1.82) is 0 Å². The molecule has 0 spiro atoms. The van der Waals surface area contributed by atoms with Gasteiger partial charge in [0.25, 0.3) is 0 Å². The van der Waals surface area contributed by atoms with E-state index in [2.05, 4.69) is 37.9 Å². The van der Waals surface area contributed by atoms with Crippen LogP contribution in [0.2, 0.25) is 11.1 Å². The molecule has 4 heterocycles. The van der Waals surface area contributed by atoms with E-state index in [4.69, 9.17) is 4.74 Å². The summed E-state index contributed by atoms with van der Waals surface area (Å²) in [5, 5.41) is 27.0. The molecule has 3 N–H and O–H groups in total. The van der Waals surface area contributed by atoms with Gasteiger partial charge in [-0.1, -0.05) is 0 Å². The van der Waals surface area contributed by atoms with Crippen molar-refractivity contribution in [1.82, 2.24) is 19.5 Å². The van der Waals surface area contributed by atoms with Crippen molar-refractivity contribution in [2.24, 2.45) is 11.8 Å². The normalized spacial score (nSPS) is 43.6. The van der Waals surface area contributed by atoms with Crippen molar-refractivity contribution in [2.45, 2.75) is 65.1 Å². The predicted molar refractivity (Wildman–Crippen MR) is 106 cm³/mol. The van der Waals surface area contributed by atoms with Crippen LogP contribution in [0.1, 0.15) is 19.1 Å². The number of ether oxygens (including phenoxy) is 1. The van der Waals surface area contributed by atoms with Gasteiger partial charge in [0.1, 0.15) is 0 Å². The number of imidazole rings is 1. The second-order valence-corrected chi connectivity index (χ2v) is 11.5. The Morgan fingerprint density at radius 3 is 2.93 bits per heavy atom. The molecule has 2 aliphatic carbocycles. The van der Waals surface area contributed by atoms with Crippen molar-refractivity contribution >= 4 is 43.7 Å². The molecular formula is C18H23N5O3SSe. The van der Waals surface area contributed by atoms with Gasteiger partial charge in [0.2, 0.25) is 0 Å². The molecule has 2 saturated carbocycles. The molecule has 4 fully saturated rings. The SMILES string of the molecule is C[Se]C[C@H]1O[C@@H](n2cnc3c(NC4CC5CC4C4SC54)ncnc32)[C@H](O)[C@@H]1O. The molecule has 4 aliphatic rings. The molecule has 0 radical (unpaired) electrons. The third kappa shape index (κ3) is 2.58. The van der Waals surface area contributed by atoms with Crippen LogP contribution in [0.3, 0.4) is 0 Å². The van der Waals surface area contributed by atoms with Crippen LogP contribution in [0.4, 0.5) is 5.82 Å². The molecule has 5 unspecified atom stereocenters. The summed E-state index contributed by atoms with van der Waals surface area (Å²) in [6.45, 7) is 0. The van der Waals surface area contributed by atoms with Gasteiger partial charge in [-0.3, -0.25) is 0 Å². The summed E-state index contributed by atoms with van der Waals surface area (Å²) in [5.41, 5.74) is 1.32. The van der Waals surface area contributed by atoms with E-state index in [1.807, 2.05) is 0 Å². The van der Waals surface area contributed by atoms with E-state index < -0.39 is 18.4 Å². The number of anilines is 1. The van der Waals surface area contributed by atoms with E-state index in [0.29, 0.717) is 32.2 Å². The van der Waals surface area contributed by atoms with Crippen LogP contribution in [0, 0.1) is 11.8 Å². The van der Waals surface area contributed by atoms with E-state index in [9.17, 15) is 10.2 Å². The quantitative estimate of drug-likeness (QED) is 0.440. The number of nitrogens with one attached hydrogen (secondary N) is 1. The van der Waals surface area contributed by atoms with Gasteiger partial charge in [-0.25, -0.2) is 0 Å². The molecule has 6 rings (SSSR count). The minimum absolute atomic E-state index is 0.347. The van der Waals surface area contributed by atoms with Crippen molar-refractivity contribution in [3.63, 3.8) is 0 Å². The van der Waals surface area contributed by atoms with Crippen molar-refractivity contribution in [2.75, 3.05) is 5.32 Å². The van der Waals surface area contributed by atoms with Crippen molar-refractivity contribution in [3.8, 4) is 0 Å². The van der Waals surface area contributed by atoms with Gasteiger partial charge >= 0.3 is 156 Å². The zero-order chi connectivity index (χ0) is 19.0. The fourth-order valence-electron chi connectivity index (χ4n) is 5.35. The summed E-state index contributed by atoms with van der Waals surface area (Å²) < 4.78 is 7.70. The average molecular weight is 468 g/mol. The third-order valence-electron chi connectivity index (χ3n) is 6.72. The van der Waals surface area contributed by atoms with E-state index >= 15 is 0 Å². The number of rotatable bonds is 5. The van der Waals surface area contributed by atoms with Crippen LogP contribution in [-0.2, 0) is 4.74 Å². The van der Waals surface area contributed by atoms with Crippen molar-refractivity contribution < 1.29 is 14.9 Å². The molecule has 0 amide bonds.